The van der Waals surface area contributed by atoms with Crippen LogP contribution in [-0.4, -0.2) is 39.5 Å². The van der Waals surface area contributed by atoms with Gasteiger partial charge in [-0.05, 0) is 49.2 Å². The van der Waals surface area contributed by atoms with Crippen LogP contribution >= 0.6 is 0 Å². The average Bonchev–Trinajstić information content (AvgIpc) is 3.16. The van der Waals surface area contributed by atoms with E-state index in [4.69, 9.17) is 0 Å². The maximum absolute atomic E-state index is 13.1. The highest BCUT2D eigenvalue weighted by molar-refractivity contribution is 5.62. The third kappa shape index (κ3) is 3.72. The summed E-state index contributed by atoms with van der Waals surface area (Å²) in [4.78, 5) is 2.27. The van der Waals surface area contributed by atoms with Crippen molar-refractivity contribution in [2.24, 2.45) is 0 Å². The molecule has 2 aromatic heterocycles. The molecule has 1 aliphatic rings. The van der Waals surface area contributed by atoms with Crippen LogP contribution in [-0.2, 0) is 6.54 Å². The van der Waals surface area contributed by atoms with E-state index in [1.54, 1.807) is 18.3 Å². The van der Waals surface area contributed by atoms with Crippen LogP contribution in [0.15, 0.2) is 48.8 Å². The van der Waals surface area contributed by atoms with Gasteiger partial charge in [0.2, 0.25) is 0 Å². The van der Waals surface area contributed by atoms with E-state index in [9.17, 15) is 4.39 Å². The van der Waals surface area contributed by atoms with Crippen molar-refractivity contribution in [1.29, 1.82) is 0 Å². The Hall–Kier alpha value is -2.80. The predicted molar refractivity (Wildman–Crippen MR) is 98.1 cm³/mol. The number of nitrogens with zero attached hydrogens (tertiary/aromatic N) is 4. The van der Waals surface area contributed by atoms with Crippen molar-refractivity contribution >= 4 is 5.82 Å². The quantitative estimate of drug-likeness (QED) is 0.739. The molecule has 2 N–H and O–H groups in total. The van der Waals surface area contributed by atoms with Gasteiger partial charge in [-0.25, -0.2) is 4.39 Å². The molecule has 0 bridgehead atoms. The molecule has 6 nitrogen and oxygen atoms in total. The van der Waals surface area contributed by atoms with E-state index in [0.717, 1.165) is 48.6 Å². The molecule has 1 aliphatic heterocycles. The second-order valence-electron chi connectivity index (χ2n) is 6.53. The third-order valence-electron chi connectivity index (χ3n) is 4.74. The Bertz CT molecular complexity index is 833. The Kier molecular flexibility index (Phi) is 4.88. The highest BCUT2D eigenvalue weighted by atomic mass is 19.1. The molecule has 0 saturated carbocycles. The normalized spacial score (nSPS) is 17.4. The molecule has 0 spiro atoms. The van der Waals surface area contributed by atoms with Crippen molar-refractivity contribution < 1.29 is 4.39 Å². The number of H-pyrrole nitrogens is 1. The first kappa shape index (κ1) is 16.7. The summed E-state index contributed by atoms with van der Waals surface area (Å²) in [6, 6.07) is 10.8. The van der Waals surface area contributed by atoms with Gasteiger partial charge in [0.25, 0.3) is 0 Å². The van der Waals surface area contributed by atoms with Crippen LogP contribution in [0.5, 0.6) is 0 Å². The van der Waals surface area contributed by atoms with Crippen LogP contribution in [0.25, 0.3) is 11.3 Å². The molecule has 3 aromatic rings. The lowest BCUT2D eigenvalue weighted by molar-refractivity contribution is 0.419. The molecule has 4 rings (SSSR count). The van der Waals surface area contributed by atoms with Gasteiger partial charge in [0.1, 0.15) is 5.82 Å². The van der Waals surface area contributed by atoms with Crippen molar-refractivity contribution in [2.75, 3.05) is 18.0 Å². The van der Waals surface area contributed by atoms with Crippen molar-refractivity contribution in [1.82, 2.24) is 25.7 Å². The molecule has 26 heavy (non-hydrogen) atoms. The average molecular weight is 352 g/mol. The van der Waals surface area contributed by atoms with Crippen molar-refractivity contribution in [2.45, 2.75) is 25.4 Å². The number of hydrogen-bond acceptors (Lipinski definition) is 5. The van der Waals surface area contributed by atoms with E-state index in [1.807, 2.05) is 18.3 Å². The van der Waals surface area contributed by atoms with Gasteiger partial charge in [-0.1, -0.05) is 0 Å². The van der Waals surface area contributed by atoms with Crippen molar-refractivity contribution in [3.05, 3.63) is 60.2 Å². The SMILES string of the molecule is Fc1ccc(-c2[nH]ncc2CN[C@@H]2CCCN(c3cccnn3)C2)cc1. The van der Waals surface area contributed by atoms with E-state index >= 15 is 0 Å². The summed E-state index contributed by atoms with van der Waals surface area (Å²) in [6.45, 7) is 2.62. The highest BCUT2D eigenvalue weighted by Gasteiger charge is 2.21. The minimum Gasteiger partial charge on any atom is -0.354 e. The van der Waals surface area contributed by atoms with Crippen LogP contribution in [0.2, 0.25) is 0 Å². The monoisotopic (exact) mass is 352 g/mol. The van der Waals surface area contributed by atoms with E-state index < -0.39 is 0 Å². The molecule has 7 heteroatoms. The number of hydrogen-bond donors (Lipinski definition) is 2. The van der Waals surface area contributed by atoms with E-state index in [-0.39, 0.29) is 5.82 Å². The minimum absolute atomic E-state index is 0.237. The Morgan fingerprint density at radius 3 is 2.92 bits per heavy atom. The number of rotatable bonds is 5. The molecule has 1 saturated heterocycles. The van der Waals surface area contributed by atoms with Gasteiger partial charge in [-0.2, -0.15) is 10.2 Å². The Labute approximate surface area is 151 Å². The molecule has 1 fully saturated rings. The second kappa shape index (κ2) is 7.61. The topological polar surface area (TPSA) is 69.7 Å². The van der Waals surface area contributed by atoms with Crippen LogP contribution in [0, 0.1) is 5.82 Å². The zero-order valence-corrected chi connectivity index (χ0v) is 14.4. The fourth-order valence-corrected chi connectivity index (χ4v) is 3.38. The lowest BCUT2D eigenvalue weighted by Gasteiger charge is -2.33. The lowest BCUT2D eigenvalue weighted by Crippen LogP contribution is -2.45. The summed E-state index contributed by atoms with van der Waals surface area (Å²) in [6.07, 6.45) is 5.76. The molecule has 0 amide bonds. The summed E-state index contributed by atoms with van der Waals surface area (Å²) < 4.78 is 13.1. The first-order chi connectivity index (χ1) is 12.8. The van der Waals surface area contributed by atoms with Gasteiger partial charge >= 0.3 is 0 Å². The molecule has 0 unspecified atom stereocenters. The summed E-state index contributed by atoms with van der Waals surface area (Å²) >= 11 is 0. The maximum atomic E-state index is 13.1. The summed E-state index contributed by atoms with van der Waals surface area (Å²) in [5, 5.41) is 19.0. The van der Waals surface area contributed by atoms with Crippen LogP contribution in [0.1, 0.15) is 18.4 Å². The summed E-state index contributed by atoms with van der Waals surface area (Å²) in [7, 11) is 0. The van der Waals surface area contributed by atoms with Gasteiger partial charge < -0.3 is 10.2 Å². The number of piperidine rings is 1. The van der Waals surface area contributed by atoms with E-state index in [2.05, 4.69) is 30.6 Å². The molecule has 0 aliphatic carbocycles. The number of nitrogens with one attached hydrogen (secondary N) is 2. The minimum atomic E-state index is -0.237. The summed E-state index contributed by atoms with van der Waals surface area (Å²) in [5.74, 6) is 0.688. The maximum Gasteiger partial charge on any atom is 0.151 e. The van der Waals surface area contributed by atoms with Gasteiger partial charge in [0.15, 0.2) is 5.82 Å². The number of aromatic amines is 1. The molecule has 1 atom stereocenters. The van der Waals surface area contributed by atoms with Crippen LogP contribution in [0.4, 0.5) is 10.2 Å². The van der Waals surface area contributed by atoms with Gasteiger partial charge in [-0.15, -0.1) is 5.10 Å². The first-order valence-corrected chi connectivity index (χ1v) is 8.84. The number of anilines is 1. The standard InChI is InChI=1S/C19H21FN6/c20-16-7-5-14(6-8-16)19-15(12-23-25-19)11-21-17-3-2-10-26(13-17)18-4-1-9-22-24-18/h1,4-9,12,17,21H,2-3,10-11,13H2,(H,23,25)/t17-/m1/s1. The van der Waals surface area contributed by atoms with Gasteiger partial charge in [0, 0.05) is 43.0 Å². The number of benzene rings is 1. The fraction of sp³-hybridized carbons (Fsp3) is 0.316. The van der Waals surface area contributed by atoms with E-state index in [0.29, 0.717) is 12.6 Å². The zero-order valence-electron chi connectivity index (χ0n) is 14.4. The lowest BCUT2D eigenvalue weighted by atomic mass is 10.0. The van der Waals surface area contributed by atoms with E-state index in [1.165, 1.54) is 12.1 Å². The van der Waals surface area contributed by atoms with Crippen molar-refractivity contribution in [3.63, 3.8) is 0 Å². The third-order valence-corrected chi connectivity index (χ3v) is 4.74. The Morgan fingerprint density at radius 1 is 1.23 bits per heavy atom. The van der Waals surface area contributed by atoms with Gasteiger partial charge in [-0.3, -0.25) is 5.10 Å². The highest BCUT2D eigenvalue weighted by Crippen LogP contribution is 2.22. The molecular weight excluding hydrogens is 331 g/mol. The molecule has 1 aromatic carbocycles. The molecule has 3 heterocycles. The molecule has 0 radical (unpaired) electrons. The van der Waals surface area contributed by atoms with Gasteiger partial charge in [0.05, 0.1) is 11.9 Å². The first-order valence-electron chi connectivity index (χ1n) is 8.84. The predicted octanol–water partition coefficient (Wildman–Crippen LogP) is 2.76. The smallest absolute Gasteiger partial charge is 0.151 e. The van der Waals surface area contributed by atoms with Crippen LogP contribution in [0.3, 0.4) is 0 Å². The largest absolute Gasteiger partial charge is 0.354 e. The Balaban J connectivity index is 1.40. The number of aromatic nitrogens is 4. The molecule has 134 valence electrons. The number of halogens is 1. The van der Waals surface area contributed by atoms with Crippen LogP contribution < -0.4 is 10.2 Å². The Morgan fingerprint density at radius 2 is 2.12 bits per heavy atom. The summed E-state index contributed by atoms with van der Waals surface area (Å²) in [5.41, 5.74) is 2.94. The van der Waals surface area contributed by atoms with Crippen molar-refractivity contribution in [3.8, 4) is 11.3 Å². The zero-order chi connectivity index (χ0) is 17.8. The fourth-order valence-electron chi connectivity index (χ4n) is 3.38. The molecular formula is C19H21FN6. The second-order valence-corrected chi connectivity index (χ2v) is 6.53.